The molecule has 0 bridgehead atoms. The topological polar surface area (TPSA) is 41.6 Å². The first-order valence-electron chi connectivity index (χ1n) is 9.93. The van der Waals surface area contributed by atoms with Gasteiger partial charge in [-0.05, 0) is 56.3 Å². The lowest BCUT2D eigenvalue weighted by molar-refractivity contribution is 0.245. The van der Waals surface area contributed by atoms with Crippen LogP contribution in [0.25, 0.3) is 0 Å². The van der Waals surface area contributed by atoms with Crippen molar-refractivity contribution < 1.29 is 13.5 Å². The van der Waals surface area contributed by atoms with Gasteiger partial charge in [0.15, 0.2) is 0 Å². The van der Waals surface area contributed by atoms with E-state index in [1.807, 2.05) is 75.3 Å². The van der Waals surface area contributed by atoms with E-state index in [4.69, 9.17) is 4.52 Å². The minimum atomic E-state index is -3.57. The van der Waals surface area contributed by atoms with Gasteiger partial charge >= 0.3 is 0 Å². The van der Waals surface area contributed by atoms with Crippen molar-refractivity contribution in [1.82, 2.24) is 0 Å². The lowest BCUT2D eigenvalue weighted by atomic mass is 10.2. The summed E-state index contributed by atoms with van der Waals surface area (Å²) < 4.78 is 35.5. The summed E-state index contributed by atoms with van der Waals surface area (Å²) >= 11 is 0. The summed E-state index contributed by atoms with van der Waals surface area (Å²) in [6, 6.07) is 23.2. The molecule has 0 aliphatic rings. The Labute approximate surface area is 178 Å². The average molecular weight is 426 g/mol. The second kappa shape index (κ2) is 9.46. The van der Waals surface area contributed by atoms with Crippen LogP contribution in [0.3, 0.4) is 0 Å². The van der Waals surface area contributed by atoms with Crippen LogP contribution in [0, 0.1) is 5.82 Å². The van der Waals surface area contributed by atoms with E-state index in [0.29, 0.717) is 10.9 Å². The Balaban J connectivity index is 2.16. The van der Waals surface area contributed by atoms with E-state index in [1.165, 1.54) is 6.07 Å². The van der Waals surface area contributed by atoms with Crippen molar-refractivity contribution in [3.8, 4) is 0 Å². The van der Waals surface area contributed by atoms with Crippen molar-refractivity contribution in [3.63, 3.8) is 0 Å². The standard InChI is InChI=1S/C24H28FN2O2P/c1-18(2)29-30(28,21-16-14-20(15-17-21)27(3)4)24(22-12-8-9-13-23(22)25)26-19-10-6-5-7-11-19/h5-18,24,26H,1-4H3/t24-,30+/m1/s1. The van der Waals surface area contributed by atoms with Gasteiger partial charge in [0, 0.05) is 36.3 Å². The number of nitrogens with zero attached hydrogens (tertiary/aromatic N) is 1. The first-order chi connectivity index (χ1) is 14.3. The van der Waals surface area contributed by atoms with Crippen LogP contribution < -0.4 is 15.5 Å². The molecule has 0 heterocycles. The number of para-hydroxylation sites is 1. The van der Waals surface area contributed by atoms with Crippen LogP contribution in [0.2, 0.25) is 0 Å². The molecule has 6 heteroatoms. The van der Waals surface area contributed by atoms with Gasteiger partial charge in [0.2, 0.25) is 0 Å². The predicted molar refractivity (Wildman–Crippen MR) is 123 cm³/mol. The Morgan fingerprint density at radius 2 is 1.50 bits per heavy atom. The summed E-state index contributed by atoms with van der Waals surface area (Å²) in [6.45, 7) is 3.67. The Hall–Kier alpha value is -2.62. The third kappa shape index (κ3) is 4.92. The molecule has 4 nitrogen and oxygen atoms in total. The van der Waals surface area contributed by atoms with Gasteiger partial charge in [-0.2, -0.15) is 0 Å². The molecule has 2 atom stereocenters. The maximum Gasteiger partial charge on any atom is 0.258 e. The Kier molecular flexibility index (Phi) is 6.96. The average Bonchev–Trinajstić information content (AvgIpc) is 2.73. The highest BCUT2D eigenvalue weighted by molar-refractivity contribution is 7.67. The van der Waals surface area contributed by atoms with Gasteiger partial charge in [0.25, 0.3) is 7.37 Å². The van der Waals surface area contributed by atoms with Gasteiger partial charge in [-0.25, -0.2) is 4.39 Å². The fourth-order valence-corrected chi connectivity index (χ4v) is 5.90. The molecule has 0 saturated heterocycles. The largest absolute Gasteiger partial charge is 0.378 e. The second-order valence-corrected chi connectivity index (χ2v) is 10.0. The molecule has 0 unspecified atom stereocenters. The third-order valence-electron chi connectivity index (χ3n) is 4.71. The Bertz CT molecular complexity index is 1010. The molecule has 3 aromatic carbocycles. The summed E-state index contributed by atoms with van der Waals surface area (Å²) in [7, 11) is 0.314. The summed E-state index contributed by atoms with van der Waals surface area (Å²) in [5.41, 5.74) is 2.03. The molecule has 3 aromatic rings. The normalized spacial score (nSPS) is 14.2. The number of hydrogen-bond acceptors (Lipinski definition) is 4. The summed E-state index contributed by atoms with van der Waals surface area (Å²) in [4.78, 5) is 1.97. The zero-order valence-electron chi connectivity index (χ0n) is 17.7. The minimum absolute atomic E-state index is 0.307. The molecule has 0 aromatic heterocycles. The molecule has 158 valence electrons. The highest BCUT2D eigenvalue weighted by atomic mass is 31.2. The number of halogens is 1. The van der Waals surface area contributed by atoms with Crippen molar-refractivity contribution >= 4 is 24.0 Å². The van der Waals surface area contributed by atoms with Crippen molar-refractivity contribution in [2.24, 2.45) is 0 Å². The number of rotatable bonds is 8. The predicted octanol–water partition coefficient (Wildman–Crippen LogP) is 6.03. The van der Waals surface area contributed by atoms with Gasteiger partial charge in [0.05, 0.1) is 6.10 Å². The first kappa shape index (κ1) is 22.1. The fourth-order valence-electron chi connectivity index (χ4n) is 3.28. The molecule has 0 saturated carbocycles. The Morgan fingerprint density at radius 1 is 0.900 bits per heavy atom. The first-order valence-corrected chi connectivity index (χ1v) is 11.6. The lowest BCUT2D eigenvalue weighted by Gasteiger charge is -2.31. The number of nitrogens with one attached hydrogen (secondary N) is 1. The van der Waals surface area contributed by atoms with Crippen LogP contribution in [0.4, 0.5) is 15.8 Å². The van der Waals surface area contributed by atoms with E-state index < -0.39 is 19.0 Å². The van der Waals surface area contributed by atoms with Crippen LogP contribution in [0.5, 0.6) is 0 Å². The van der Waals surface area contributed by atoms with E-state index in [9.17, 15) is 8.96 Å². The SMILES string of the molecule is CC(C)O[P@@](=O)(c1ccc(N(C)C)cc1)[C@@H](Nc1ccccc1)c1ccccc1F. The molecule has 30 heavy (non-hydrogen) atoms. The molecular formula is C24H28FN2O2P. The van der Waals surface area contributed by atoms with E-state index in [1.54, 1.807) is 30.3 Å². The van der Waals surface area contributed by atoms with Gasteiger partial charge in [-0.3, -0.25) is 4.57 Å². The number of hydrogen-bond donors (Lipinski definition) is 1. The molecular weight excluding hydrogens is 398 g/mol. The van der Waals surface area contributed by atoms with E-state index in [2.05, 4.69) is 5.32 Å². The molecule has 0 radical (unpaired) electrons. The van der Waals surface area contributed by atoms with Crippen molar-refractivity contribution in [3.05, 3.63) is 90.2 Å². The maximum absolute atomic E-state index is 14.9. The molecule has 0 fully saturated rings. The summed E-state index contributed by atoms with van der Waals surface area (Å²) in [5, 5.41) is 3.82. The van der Waals surface area contributed by atoms with Gasteiger partial charge in [-0.15, -0.1) is 0 Å². The van der Waals surface area contributed by atoms with Crippen LogP contribution in [0.15, 0.2) is 78.9 Å². The molecule has 1 N–H and O–H groups in total. The third-order valence-corrected chi connectivity index (χ3v) is 7.55. The quantitative estimate of drug-likeness (QED) is 0.447. The number of benzene rings is 3. The van der Waals surface area contributed by atoms with E-state index in [-0.39, 0.29) is 6.10 Å². The highest BCUT2D eigenvalue weighted by Crippen LogP contribution is 2.60. The zero-order chi connectivity index (χ0) is 21.7. The molecule has 0 aliphatic carbocycles. The van der Waals surface area contributed by atoms with Crippen LogP contribution in [-0.4, -0.2) is 20.2 Å². The van der Waals surface area contributed by atoms with Gasteiger partial charge < -0.3 is 14.7 Å². The van der Waals surface area contributed by atoms with Crippen LogP contribution >= 0.6 is 7.37 Å². The fraction of sp³-hybridized carbons (Fsp3) is 0.250. The Morgan fingerprint density at radius 3 is 2.07 bits per heavy atom. The molecule has 0 spiro atoms. The van der Waals surface area contributed by atoms with Crippen LogP contribution in [-0.2, 0) is 9.09 Å². The van der Waals surface area contributed by atoms with Crippen molar-refractivity contribution in [1.29, 1.82) is 0 Å². The summed E-state index contributed by atoms with van der Waals surface area (Å²) in [5.74, 6) is -1.31. The van der Waals surface area contributed by atoms with Crippen molar-refractivity contribution in [2.75, 3.05) is 24.3 Å². The lowest BCUT2D eigenvalue weighted by Crippen LogP contribution is -2.23. The smallest absolute Gasteiger partial charge is 0.258 e. The zero-order valence-corrected chi connectivity index (χ0v) is 18.6. The minimum Gasteiger partial charge on any atom is -0.378 e. The molecule has 3 rings (SSSR count). The molecule has 0 aliphatic heterocycles. The van der Waals surface area contributed by atoms with Gasteiger partial charge in [-0.1, -0.05) is 36.4 Å². The van der Waals surface area contributed by atoms with E-state index >= 15 is 0 Å². The monoisotopic (exact) mass is 426 g/mol. The van der Waals surface area contributed by atoms with Gasteiger partial charge in [0.1, 0.15) is 11.6 Å². The highest BCUT2D eigenvalue weighted by Gasteiger charge is 2.40. The summed E-state index contributed by atoms with van der Waals surface area (Å²) in [6.07, 6.45) is -0.309. The number of anilines is 2. The van der Waals surface area contributed by atoms with Crippen LogP contribution in [0.1, 0.15) is 25.2 Å². The van der Waals surface area contributed by atoms with E-state index in [0.717, 1.165) is 11.4 Å². The molecule has 0 amide bonds. The second-order valence-electron chi connectivity index (χ2n) is 7.60. The maximum atomic E-state index is 14.9. The van der Waals surface area contributed by atoms with Crippen molar-refractivity contribution in [2.45, 2.75) is 25.7 Å².